The van der Waals surface area contributed by atoms with Crippen molar-refractivity contribution in [1.82, 2.24) is 24.7 Å². The number of hydrogen-bond acceptors (Lipinski definition) is 9. The smallest absolute Gasteiger partial charge is 0.220 e. The molecule has 0 radical (unpaired) electrons. The molecule has 196 valence electrons. The Balaban J connectivity index is 0.000000469. The lowest BCUT2D eigenvalue weighted by atomic mass is 10.0. The van der Waals surface area contributed by atoms with Gasteiger partial charge in [-0.05, 0) is 25.3 Å². The van der Waals surface area contributed by atoms with Crippen molar-refractivity contribution in [3.05, 3.63) is 42.4 Å². The molecule has 0 bridgehead atoms. The van der Waals surface area contributed by atoms with E-state index >= 15 is 8.78 Å². The first kappa shape index (κ1) is 26.2. The van der Waals surface area contributed by atoms with Gasteiger partial charge in [-0.25, -0.2) is 23.7 Å². The Morgan fingerprint density at radius 3 is 2.30 bits per heavy atom. The highest BCUT2D eigenvalue weighted by atomic mass is 19.1. The van der Waals surface area contributed by atoms with Crippen LogP contribution in [-0.2, 0) is 11.3 Å². The molecule has 1 aromatic carbocycles. The van der Waals surface area contributed by atoms with Crippen LogP contribution in [-0.4, -0.2) is 63.9 Å². The molecular weight excluding hydrogens is 486 g/mol. The quantitative estimate of drug-likeness (QED) is 0.396. The van der Waals surface area contributed by atoms with E-state index in [1.807, 2.05) is 0 Å². The van der Waals surface area contributed by atoms with E-state index < -0.39 is 17.2 Å². The lowest BCUT2D eigenvalue weighted by Gasteiger charge is -2.14. The summed E-state index contributed by atoms with van der Waals surface area (Å²) in [6.45, 7) is 2.16. The van der Waals surface area contributed by atoms with Gasteiger partial charge in [0.2, 0.25) is 5.95 Å². The van der Waals surface area contributed by atoms with Crippen LogP contribution in [0.4, 0.5) is 14.7 Å². The molecule has 3 N–H and O–H groups in total. The van der Waals surface area contributed by atoms with Gasteiger partial charge >= 0.3 is 0 Å². The van der Waals surface area contributed by atoms with Gasteiger partial charge in [0.15, 0.2) is 23.1 Å². The zero-order valence-corrected chi connectivity index (χ0v) is 20.6. The zero-order chi connectivity index (χ0) is 26.4. The predicted molar refractivity (Wildman–Crippen MR) is 133 cm³/mol. The topological polar surface area (TPSA) is 130 Å². The Labute approximate surface area is 212 Å². The number of anilines is 1. The van der Waals surface area contributed by atoms with Crippen LogP contribution in [0.5, 0.6) is 11.5 Å². The van der Waals surface area contributed by atoms with E-state index in [0.717, 1.165) is 19.3 Å². The average molecular weight is 515 g/mol. The molecule has 4 heterocycles. The minimum absolute atomic E-state index is 0.0158. The molecule has 1 aliphatic heterocycles. The van der Waals surface area contributed by atoms with Gasteiger partial charge in [-0.1, -0.05) is 0 Å². The maximum absolute atomic E-state index is 15.1. The highest BCUT2D eigenvalue weighted by molar-refractivity contribution is 5.94. The number of ether oxygens (including phenoxy) is 3. The summed E-state index contributed by atoms with van der Waals surface area (Å²) < 4.78 is 46.8. The van der Waals surface area contributed by atoms with Crippen LogP contribution in [0, 0.1) is 11.6 Å². The number of rotatable bonds is 6. The third kappa shape index (κ3) is 5.75. The molecule has 0 amide bonds. The summed E-state index contributed by atoms with van der Waals surface area (Å²) in [5, 5.41) is 13.8. The van der Waals surface area contributed by atoms with Gasteiger partial charge in [0.05, 0.1) is 44.8 Å². The van der Waals surface area contributed by atoms with Crippen LogP contribution in [0.1, 0.15) is 19.3 Å². The van der Waals surface area contributed by atoms with E-state index in [1.165, 1.54) is 56.6 Å². The van der Waals surface area contributed by atoms with Crippen molar-refractivity contribution in [2.24, 2.45) is 0 Å². The van der Waals surface area contributed by atoms with Gasteiger partial charge in [0, 0.05) is 42.6 Å². The second-order valence-corrected chi connectivity index (χ2v) is 8.19. The molecule has 3 aromatic heterocycles. The fourth-order valence-electron chi connectivity index (χ4n) is 3.89. The van der Waals surface area contributed by atoms with Crippen LogP contribution in [0.25, 0.3) is 33.4 Å². The van der Waals surface area contributed by atoms with E-state index in [9.17, 15) is 0 Å². The van der Waals surface area contributed by atoms with Crippen LogP contribution in [0.15, 0.2) is 30.7 Å². The van der Waals surface area contributed by atoms with Crippen molar-refractivity contribution in [2.45, 2.75) is 25.8 Å². The summed E-state index contributed by atoms with van der Waals surface area (Å²) in [6, 6.07) is 2.58. The van der Waals surface area contributed by atoms with E-state index in [4.69, 9.17) is 25.1 Å². The van der Waals surface area contributed by atoms with Crippen molar-refractivity contribution in [3.8, 4) is 34.0 Å². The number of aliphatic hydroxyl groups excluding tert-OH is 1. The standard InChI is InChI=1S/C20H18F2N6O3.C5H10O/c1-30-13-6-14(31-2)17(22)15(16(13)21)12-5-10-7-24-20(23)27-18(10)19(26-12)11-8-25-28(9-11)3-4-29;1-2-4-6-5-3-1/h5-9,29H,3-4H2,1-2H3,(H2,23,24,27);1-5H2. The molecule has 12 heteroatoms. The lowest BCUT2D eigenvalue weighted by Crippen LogP contribution is -2.03. The maximum Gasteiger partial charge on any atom is 0.220 e. The van der Waals surface area contributed by atoms with Crippen LogP contribution >= 0.6 is 0 Å². The molecule has 0 aliphatic carbocycles. The van der Waals surface area contributed by atoms with Crippen molar-refractivity contribution in [2.75, 3.05) is 39.8 Å². The number of hydrogen-bond donors (Lipinski definition) is 2. The van der Waals surface area contributed by atoms with Gasteiger partial charge < -0.3 is 25.1 Å². The highest BCUT2D eigenvalue weighted by Gasteiger charge is 2.24. The van der Waals surface area contributed by atoms with E-state index in [1.54, 1.807) is 6.20 Å². The molecule has 10 nitrogen and oxygen atoms in total. The summed E-state index contributed by atoms with van der Waals surface area (Å²) in [5.74, 6) is -2.22. The molecular formula is C25H28F2N6O4. The zero-order valence-electron chi connectivity index (χ0n) is 20.6. The molecule has 0 spiro atoms. The number of nitrogen functional groups attached to an aromatic ring is 1. The Bertz CT molecular complexity index is 1340. The second-order valence-electron chi connectivity index (χ2n) is 8.19. The number of fused-ring (bicyclic) bond motifs is 1. The Morgan fingerprint density at radius 2 is 1.73 bits per heavy atom. The number of nitrogens with zero attached hydrogens (tertiary/aromatic N) is 5. The fraction of sp³-hybridized carbons (Fsp3) is 0.360. The van der Waals surface area contributed by atoms with Crippen molar-refractivity contribution < 1.29 is 28.1 Å². The number of aliphatic hydroxyl groups is 1. The first-order valence-corrected chi connectivity index (χ1v) is 11.7. The third-order valence-electron chi connectivity index (χ3n) is 5.73. The van der Waals surface area contributed by atoms with Crippen molar-refractivity contribution >= 4 is 16.9 Å². The highest BCUT2D eigenvalue weighted by Crippen LogP contribution is 2.39. The Morgan fingerprint density at radius 1 is 1.03 bits per heavy atom. The number of aromatic nitrogens is 5. The lowest BCUT2D eigenvalue weighted by molar-refractivity contribution is 0.0968. The SMILES string of the molecule is C1CCOCC1.COc1cc(OC)c(F)c(-c2cc3cnc(N)nc3c(-c3cnn(CCO)c3)n2)c1F. The summed E-state index contributed by atoms with van der Waals surface area (Å²) in [4.78, 5) is 12.7. The van der Waals surface area contributed by atoms with E-state index in [0.29, 0.717) is 22.2 Å². The number of pyridine rings is 1. The molecule has 0 saturated carbocycles. The molecule has 1 fully saturated rings. The number of nitrogens with two attached hydrogens (primary N) is 1. The average Bonchev–Trinajstić information content (AvgIpc) is 3.39. The molecule has 37 heavy (non-hydrogen) atoms. The summed E-state index contributed by atoms with van der Waals surface area (Å²) in [6.07, 6.45) is 8.52. The molecule has 5 rings (SSSR count). The number of benzene rings is 1. The van der Waals surface area contributed by atoms with Gasteiger partial charge in [-0.3, -0.25) is 4.68 Å². The second kappa shape index (κ2) is 11.9. The van der Waals surface area contributed by atoms with Gasteiger partial charge in [0.25, 0.3) is 0 Å². The monoisotopic (exact) mass is 514 g/mol. The first-order chi connectivity index (χ1) is 18.0. The summed E-state index contributed by atoms with van der Waals surface area (Å²) in [7, 11) is 2.54. The molecule has 0 unspecified atom stereocenters. The van der Waals surface area contributed by atoms with Gasteiger partial charge in [-0.2, -0.15) is 5.10 Å². The third-order valence-corrected chi connectivity index (χ3v) is 5.73. The minimum atomic E-state index is -0.925. The van der Waals surface area contributed by atoms with Gasteiger partial charge in [0.1, 0.15) is 11.2 Å². The molecule has 1 aliphatic rings. The van der Waals surface area contributed by atoms with Crippen LogP contribution < -0.4 is 15.2 Å². The van der Waals surface area contributed by atoms with Crippen LogP contribution in [0.3, 0.4) is 0 Å². The minimum Gasteiger partial charge on any atom is -0.494 e. The first-order valence-electron chi connectivity index (χ1n) is 11.7. The molecule has 0 atom stereocenters. The van der Waals surface area contributed by atoms with Crippen LogP contribution in [0.2, 0.25) is 0 Å². The van der Waals surface area contributed by atoms with E-state index in [-0.39, 0.29) is 36.3 Å². The summed E-state index contributed by atoms with van der Waals surface area (Å²) in [5.41, 5.74) is 6.51. The Hall–Kier alpha value is -3.90. The fourth-order valence-corrected chi connectivity index (χ4v) is 3.89. The van der Waals surface area contributed by atoms with Crippen molar-refractivity contribution in [3.63, 3.8) is 0 Å². The largest absolute Gasteiger partial charge is 0.494 e. The number of methoxy groups -OCH3 is 2. The molecule has 1 saturated heterocycles. The molecule has 4 aromatic rings. The number of halogens is 2. The Kier molecular flexibility index (Phi) is 8.41. The van der Waals surface area contributed by atoms with E-state index in [2.05, 4.69) is 20.1 Å². The van der Waals surface area contributed by atoms with Crippen molar-refractivity contribution in [1.29, 1.82) is 0 Å². The van der Waals surface area contributed by atoms with Gasteiger partial charge in [-0.15, -0.1) is 0 Å². The summed E-state index contributed by atoms with van der Waals surface area (Å²) >= 11 is 0. The normalized spacial score (nSPS) is 13.2. The predicted octanol–water partition coefficient (Wildman–Crippen LogP) is 3.61. The maximum atomic E-state index is 15.1.